The summed E-state index contributed by atoms with van der Waals surface area (Å²) in [7, 11) is 0. The van der Waals surface area contributed by atoms with Gasteiger partial charge in [0.2, 0.25) is 0 Å². The van der Waals surface area contributed by atoms with Crippen molar-refractivity contribution in [2.45, 2.75) is 32.2 Å². The van der Waals surface area contributed by atoms with Crippen LogP contribution in [0.15, 0.2) is 102 Å². The maximum Gasteiger partial charge on any atom is 0.258 e. The molecule has 1 unspecified atom stereocenters. The van der Waals surface area contributed by atoms with E-state index in [9.17, 15) is 14.0 Å². The van der Waals surface area contributed by atoms with Crippen molar-refractivity contribution < 1.29 is 18.7 Å². The number of fused-ring (bicyclic) bond motifs is 4. The number of amides is 2. The lowest BCUT2D eigenvalue weighted by molar-refractivity contribution is -0.115. The molecular weight excluding hydrogens is 676 g/mol. The van der Waals surface area contributed by atoms with Gasteiger partial charge in [-0.2, -0.15) is 5.10 Å². The number of hydrogen-bond donors (Lipinski definition) is 2. The first kappa shape index (κ1) is 32.7. The number of thiophene rings is 1. The second-order valence-corrected chi connectivity index (χ2v) is 15.3. The summed E-state index contributed by atoms with van der Waals surface area (Å²) >= 11 is 1.61. The van der Waals surface area contributed by atoms with Gasteiger partial charge in [-0.05, 0) is 92.4 Å². The molecule has 11 heteroatoms. The third-order valence-corrected chi connectivity index (χ3v) is 12.0. The number of aromatic nitrogens is 3. The van der Waals surface area contributed by atoms with Crippen molar-refractivity contribution in [2.24, 2.45) is 5.41 Å². The highest BCUT2D eigenvalue weighted by molar-refractivity contribution is 7.19. The van der Waals surface area contributed by atoms with Gasteiger partial charge in [-0.15, -0.1) is 11.3 Å². The van der Waals surface area contributed by atoms with Gasteiger partial charge < -0.3 is 15.0 Å². The van der Waals surface area contributed by atoms with E-state index in [0.29, 0.717) is 35.5 Å². The van der Waals surface area contributed by atoms with E-state index in [1.165, 1.54) is 12.1 Å². The maximum atomic E-state index is 14.8. The van der Waals surface area contributed by atoms with E-state index in [0.717, 1.165) is 82.2 Å². The number of hydrogen-bond acceptors (Lipinski definition) is 7. The zero-order valence-corrected chi connectivity index (χ0v) is 29.5. The number of carbonyl (C=O) groups is 2. The van der Waals surface area contributed by atoms with Crippen molar-refractivity contribution in [1.82, 2.24) is 20.1 Å². The minimum atomic E-state index is -0.406. The van der Waals surface area contributed by atoms with Gasteiger partial charge in [0.15, 0.2) is 5.65 Å². The van der Waals surface area contributed by atoms with Gasteiger partial charge in [-0.25, -0.2) is 9.37 Å². The van der Waals surface area contributed by atoms with Gasteiger partial charge in [0.05, 0.1) is 17.9 Å². The third-order valence-electron chi connectivity index (χ3n) is 10.8. The molecule has 0 bridgehead atoms. The fourth-order valence-corrected chi connectivity index (χ4v) is 9.17. The lowest BCUT2D eigenvalue weighted by atomic mass is 9.72. The van der Waals surface area contributed by atoms with Crippen LogP contribution in [0.2, 0.25) is 0 Å². The minimum absolute atomic E-state index is 0.123. The lowest BCUT2D eigenvalue weighted by Crippen LogP contribution is -2.61. The van der Waals surface area contributed by atoms with Gasteiger partial charge in [0.25, 0.3) is 11.8 Å². The summed E-state index contributed by atoms with van der Waals surface area (Å²) in [6, 6.07) is 15.7. The fraction of sp³-hybridized carbons (Fsp3) is 0.268. The van der Waals surface area contributed by atoms with Gasteiger partial charge >= 0.3 is 0 Å². The number of nitrogens with one attached hydrogen (secondary N) is 2. The standard InChI is InChI=1S/C41H37FN6O3S/c1-25-3-2-4-34(47-23-41(24-47)12-15-51-16-13-41)33(17-25)39(49)45-31-8-5-26(6-9-31)40(50)48-14-11-27-19-36(28-18-29-22-44-46-38(29)43-21-28)52-37(27)32-10-7-30(42)20-35(32)48/h2-10,17-22,34H,11-16,23-24H2,1H3,(H,45,49)(H,43,44,46). The second kappa shape index (κ2) is 13.1. The van der Waals surface area contributed by atoms with Gasteiger partial charge in [-0.1, -0.05) is 23.8 Å². The number of ether oxygens (including phenoxy) is 1. The van der Waals surface area contributed by atoms with Crippen molar-refractivity contribution in [3.8, 4) is 20.9 Å². The van der Waals surface area contributed by atoms with E-state index in [4.69, 9.17) is 4.74 Å². The van der Waals surface area contributed by atoms with E-state index < -0.39 is 5.82 Å². The Hall–Kier alpha value is -5.23. The molecule has 4 aliphatic rings. The first-order valence-electron chi connectivity index (χ1n) is 17.7. The Kier molecular flexibility index (Phi) is 8.21. The molecule has 52 heavy (non-hydrogen) atoms. The van der Waals surface area contributed by atoms with Crippen LogP contribution in [-0.2, 0) is 16.0 Å². The van der Waals surface area contributed by atoms with Crippen LogP contribution in [0.25, 0.3) is 31.9 Å². The van der Waals surface area contributed by atoms with E-state index in [1.807, 2.05) is 31.3 Å². The summed E-state index contributed by atoms with van der Waals surface area (Å²) < 4.78 is 20.4. The lowest BCUT2D eigenvalue weighted by Gasteiger charge is -2.54. The van der Waals surface area contributed by atoms with E-state index in [2.05, 4.69) is 43.6 Å². The van der Waals surface area contributed by atoms with Crippen LogP contribution >= 0.6 is 11.3 Å². The number of nitrogens with zero attached hydrogens (tertiary/aromatic N) is 4. The van der Waals surface area contributed by atoms with E-state index >= 15 is 0 Å². The van der Waals surface area contributed by atoms with Crippen LogP contribution in [0.5, 0.6) is 0 Å². The highest BCUT2D eigenvalue weighted by Crippen LogP contribution is 2.45. The number of H-pyrrole nitrogens is 1. The minimum Gasteiger partial charge on any atom is -0.381 e. The quantitative estimate of drug-likeness (QED) is 0.195. The molecule has 0 saturated carbocycles. The zero-order valence-electron chi connectivity index (χ0n) is 28.7. The summed E-state index contributed by atoms with van der Waals surface area (Å²) in [6.45, 7) is 5.89. The molecule has 262 valence electrons. The van der Waals surface area contributed by atoms with Gasteiger partial charge in [0, 0.05) is 87.6 Å². The Morgan fingerprint density at radius 3 is 2.71 bits per heavy atom. The predicted octanol–water partition coefficient (Wildman–Crippen LogP) is 7.56. The molecule has 9 rings (SSSR count). The average Bonchev–Trinajstić information content (AvgIpc) is 3.71. The molecule has 6 heterocycles. The highest BCUT2D eigenvalue weighted by Gasteiger charge is 2.47. The number of carbonyl (C=O) groups excluding carboxylic acids is 2. The van der Waals surface area contributed by atoms with Crippen LogP contribution < -0.4 is 10.2 Å². The van der Waals surface area contributed by atoms with Crippen molar-refractivity contribution in [2.75, 3.05) is 43.1 Å². The summed E-state index contributed by atoms with van der Waals surface area (Å²) in [4.78, 5) is 38.5. The smallest absolute Gasteiger partial charge is 0.258 e. The molecule has 3 aliphatic heterocycles. The SMILES string of the molecule is CC1=CC=CC(N2CC3(CCOCC3)C2)C(C(=O)Nc2ccc(C(=O)N3CCc4cc(-c5cnc6[nH]ncc6c5)sc4-c4ccc(F)cc43)cc2)=C1. The molecule has 2 amide bonds. The summed E-state index contributed by atoms with van der Waals surface area (Å²) in [5, 5.41) is 11.0. The molecule has 1 aliphatic carbocycles. The predicted molar refractivity (Wildman–Crippen MR) is 202 cm³/mol. The summed E-state index contributed by atoms with van der Waals surface area (Å²) in [6.07, 6.45) is 14.4. The summed E-state index contributed by atoms with van der Waals surface area (Å²) in [5.74, 6) is -0.803. The first-order chi connectivity index (χ1) is 25.3. The Bertz CT molecular complexity index is 2310. The molecule has 2 fully saturated rings. The Balaban J connectivity index is 0.931. The van der Waals surface area contributed by atoms with Crippen LogP contribution in [0.4, 0.5) is 15.8 Å². The maximum absolute atomic E-state index is 14.8. The van der Waals surface area contributed by atoms with Crippen molar-refractivity contribution in [1.29, 1.82) is 0 Å². The van der Waals surface area contributed by atoms with Crippen LogP contribution in [0.3, 0.4) is 0 Å². The number of halogens is 1. The number of pyridine rings is 1. The topological polar surface area (TPSA) is 103 Å². The molecule has 3 aromatic heterocycles. The third kappa shape index (κ3) is 5.98. The van der Waals surface area contributed by atoms with Crippen molar-refractivity contribution >= 4 is 45.6 Å². The molecule has 2 aromatic carbocycles. The van der Waals surface area contributed by atoms with Gasteiger partial charge in [-0.3, -0.25) is 19.6 Å². The Labute approximate surface area is 304 Å². The largest absolute Gasteiger partial charge is 0.381 e. The number of aromatic amines is 1. The fourth-order valence-electron chi connectivity index (χ4n) is 7.94. The number of likely N-dealkylation sites (tertiary alicyclic amines) is 1. The number of anilines is 2. The zero-order chi connectivity index (χ0) is 35.4. The molecule has 1 spiro atoms. The van der Waals surface area contributed by atoms with E-state index in [-0.39, 0.29) is 23.3 Å². The Morgan fingerprint density at radius 2 is 1.88 bits per heavy atom. The van der Waals surface area contributed by atoms with Crippen LogP contribution in [0, 0.1) is 11.2 Å². The Morgan fingerprint density at radius 1 is 1.06 bits per heavy atom. The molecular formula is C41H37FN6O3S. The monoisotopic (exact) mass is 712 g/mol. The average molecular weight is 713 g/mol. The second-order valence-electron chi connectivity index (χ2n) is 14.3. The molecule has 2 saturated heterocycles. The van der Waals surface area contributed by atoms with Crippen LogP contribution in [0.1, 0.15) is 35.7 Å². The van der Waals surface area contributed by atoms with Crippen molar-refractivity contribution in [3.63, 3.8) is 0 Å². The van der Waals surface area contributed by atoms with E-state index in [1.54, 1.807) is 52.8 Å². The van der Waals surface area contributed by atoms with Crippen LogP contribution in [-0.4, -0.2) is 70.8 Å². The molecule has 5 aromatic rings. The number of rotatable bonds is 5. The summed E-state index contributed by atoms with van der Waals surface area (Å²) in [5.41, 5.74) is 7.20. The molecule has 1 atom stereocenters. The number of benzene rings is 2. The number of allylic oxidation sites excluding steroid dienone is 4. The normalized spacial score (nSPS) is 19.6. The molecule has 9 nitrogen and oxygen atoms in total. The van der Waals surface area contributed by atoms with Crippen molar-refractivity contribution in [3.05, 3.63) is 119 Å². The molecule has 2 N–H and O–H groups in total. The first-order valence-corrected chi connectivity index (χ1v) is 18.5. The van der Waals surface area contributed by atoms with Gasteiger partial charge in [0.1, 0.15) is 5.82 Å². The molecule has 0 radical (unpaired) electrons. The highest BCUT2D eigenvalue weighted by atomic mass is 32.1.